The normalized spacial score (nSPS) is 6.22. The van der Waals surface area contributed by atoms with Gasteiger partial charge >= 0.3 is 29.6 Å². The van der Waals surface area contributed by atoms with Crippen LogP contribution in [0.5, 0.6) is 5.75 Å². The van der Waals surface area contributed by atoms with Crippen LogP contribution in [0.4, 0.5) is 5.69 Å². The molecule has 0 fully saturated rings. The number of non-ortho nitro benzene ring substituents is 1. The fourth-order valence-corrected chi connectivity index (χ4v) is 1.43. The van der Waals surface area contributed by atoms with Crippen LogP contribution in [0.3, 0.4) is 0 Å². The maximum Gasteiger partial charge on any atom is 1.00 e. The van der Waals surface area contributed by atoms with Gasteiger partial charge in [-0.15, -0.1) is 6.42 Å². The second kappa shape index (κ2) is 16.8. The molecule has 0 unspecified atom stereocenters. The van der Waals surface area contributed by atoms with Crippen molar-refractivity contribution >= 4 is 11.7 Å². The number of carbonyl (C=O) groups excluding carboxylic acids is 1. The van der Waals surface area contributed by atoms with Crippen molar-refractivity contribution in [2.24, 2.45) is 0 Å². The predicted molar refractivity (Wildman–Crippen MR) is 109 cm³/mol. The third kappa shape index (κ3) is 11.7. The number of nitrogens with zero attached hydrogens (tertiary/aromatic N) is 1. The van der Waals surface area contributed by atoms with Crippen LogP contribution in [0.25, 0.3) is 0 Å². The smallest absolute Gasteiger partial charge is 0.545 e. The number of carboxylic acid groups (broad SMARTS) is 1. The third-order valence-electron chi connectivity index (χ3n) is 2.55. The maximum atomic E-state index is 11.0. The summed E-state index contributed by atoms with van der Waals surface area (Å²) in [5, 5.41) is 21.7. The number of nitro benzene ring substituents is 1. The zero-order valence-corrected chi connectivity index (χ0v) is 18.3. The fraction of sp³-hybridized carbons (Fsp3) is 0. The zero-order valence-electron chi connectivity index (χ0n) is 16.3. The predicted octanol–water partition coefficient (Wildman–Crippen LogP) is -3.04. The molecule has 0 aromatic heterocycles. The summed E-state index contributed by atoms with van der Waals surface area (Å²) in [6.45, 7) is 0. The Hall–Kier alpha value is -5.07. The second-order valence-electron chi connectivity index (χ2n) is 4.45. The van der Waals surface area contributed by atoms with Gasteiger partial charge in [-0.05, 0) is 53.4 Å². The first-order chi connectivity index (χ1) is 15.1. The molecule has 0 saturated heterocycles. The number of carboxylic acids is 1. The van der Waals surface area contributed by atoms with Crippen LogP contribution >= 0.6 is 0 Å². The SMILES string of the molecule is C#CC#CC#CC#CC#CC#CC#CC#CC#COc1ccc([N+](=O)[O-])cc1C(=O)[O-].[Na+]. The van der Waals surface area contributed by atoms with E-state index in [0.717, 1.165) is 18.2 Å². The van der Waals surface area contributed by atoms with Crippen molar-refractivity contribution < 1.29 is 49.1 Å². The van der Waals surface area contributed by atoms with Crippen molar-refractivity contribution in [3.05, 3.63) is 33.9 Å². The number of carbonyl (C=O) groups is 1. The first-order valence-electron chi connectivity index (χ1n) is 7.68. The summed E-state index contributed by atoms with van der Waals surface area (Å²) in [5.41, 5.74) is -0.936. The molecule has 0 radical (unpaired) electrons. The Morgan fingerprint density at radius 1 is 0.812 bits per heavy atom. The molecule has 0 N–H and O–H groups in total. The van der Waals surface area contributed by atoms with E-state index < -0.39 is 22.1 Å². The molecule has 0 aliphatic carbocycles. The number of nitro groups is 1. The number of hydrogen-bond acceptors (Lipinski definition) is 5. The standard InChI is InChI=1S/C25H5NO5.Na/c1-2-3-4-5-6-7-8-9-10-11-12-13-14-15-16-17-20-31-24-19-18-22(26(29)30)21-23(24)25(27)28;/h1,18-19,21H,(H,27,28);/q;+1/p-1. The molecule has 32 heavy (non-hydrogen) atoms. The molecule has 1 rings (SSSR count). The number of ether oxygens (including phenoxy) is 1. The summed E-state index contributed by atoms with van der Waals surface area (Å²) in [4.78, 5) is 20.9. The maximum absolute atomic E-state index is 11.0. The van der Waals surface area contributed by atoms with Crippen LogP contribution in [0.1, 0.15) is 10.4 Å². The van der Waals surface area contributed by atoms with E-state index in [9.17, 15) is 20.0 Å². The van der Waals surface area contributed by atoms with Crippen molar-refractivity contribution in [2.75, 3.05) is 0 Å². The van der Waals surface area contributed by atoms with E-state index in [1.165, 1.54) is 0 Å². The Morgan fingerprint density at radius 3 is 1.66 bits per heavy atom. The van der Waals surface area contributed by atoms with Gasteiger partial charge in [-0.1, -0.05) is 0 Å². The molecule has 0 bridgehead atoms. The Morgan fingerprint density at radius 2 is 1.25 bits per heavy atom. The molecule has 0 amide bonds. The van der Waals surface area contributed by atoms with E-state index in [-0.39, 0.29) is 35.3 Å². The van der Waals surface area contributed by atoms with Crippen LogP contribution in [0.2, 0.25) is 0 Å². The van der Waals surface area contributed by atoms with Gasteiger partial charge in [0.15, 0.2) is 0 Å². The third-order valence-corrected chi connectivity index (χ3v) is 2.55. The summed E-state index contributed by atoms with van der Waals surface area (Å²) < 4.78 is 4.91. The number of rotatable bonds is 3. The van der Waals surface area contributed by atoms with Gasteiger partial charge in [0.05, 0.1) is 10.9 Å². The first-order valence-corrected chi connectivity index (χ1v) is 7.68. The van der Waals surface area contributed by atoms with Gasteiger partial charge in [0.1, 0.15) is 11.9 Å². The minimum absolute atomic E-state index is 0. The van der Waals surface area contributed by atoms with Gasteiger partial charge < -0.3 is 14.6 Å². The van der Waals surface area contributed by atoms with Crippen molar-refractivity contribution in [3.63, 3.8) is 0 Å². The number of aromatic carboxylic acids is 1. The van der Waals surface area contributed by atoms with E-state index in [4.69, 9.17) is 11.2 Å². The molecule has 0 spiro atoms. The Kier molecular flexibility index (Phi) is 14.2. The van der Waals surface area contributed by atoms with Crippen LogP contribution in [-0.4, -0.2) is 10.9 Å². The van der Waals surface area contributed by atoms with Crippen LogP contribution in [0, 0.1) is 117 Å². The molecule has 0 atom stereocenters. The molecular formula is C25H4NNaO5. The van der Waals surface area contributed by atoms with E-state index in [1.807, 2.05) is 0 Å². The van der Waals surface area contributed by atoms with E-state index in [0.29, 0.717) is 0 Å². The minimum Gasteiger partial charge on any atom is -0.545 e. The molecule has 7 heteroatoms. The van der Waals surface area contributed by atoms with Crippen LogP contribution in [-0.2, 0) is 0 Å². The summed E-state index contributed by atoms with van der Waals surface area (Å²) in [7, 11) is 0. The fourth-order valence-electron chi connectivity index (χ4n) is 1.43. The minimum atomic E-state index is -1.65. The van der Waals surface area contributed by atoms with Gasteiger partial charge in [-0.25, -0.2) is 0 Å². The Bertz CT molecular complexity index is 1470. The molecule has 1 aromatic rings. The molecule has 140 valence electrons. The first kappa shape index (κ1) is 26.9. The van der Waals surface area contributed by atoms with Gasteiger partial charge in [0.25, 0.3) is 5.69 Å². The molecule has 6 nitrogen and oxygen atoms in total. The molecule has 0 heterocycles. The summed E-state index contributed by atoms with van der Waals surface area (Å²) >= 11 is 0. The van der Waals surface area contributed by atoms with Crippen molar-refractivity contribution in [2.45, 2.75) is 0 Å². The molecule has 0 saturated carbocycles. The zero-order chi connectivity index (χ0) is 22.7. The van der Waals surface area contributed by atoms with Gasteiger partial charge in [0.2, 0.25) is 0 Å². The van der Waals surface area contributed by atoms with Crippen LogP contribution < -0.4 is 39.4 Å². The average molecular weight is 421 g/mol. The average Bonchev–Trinajstić information content (AvgIpc) is 2.75. The summed E-state index contributed by atoms with van der Waals surface area (Å²) in [6, 6.07) is 2.96. The van der Waals surface area contributed by atoms with Crippen LogP contribution in [0.15, 0.2) is 18.2 Å². The van der Waals surface area contributed by atoms with Crippen molar-refractivity contribution in [1.29, 1.82) is 0 Å². The Labute approximate surface area is 206 Å². The van der Waals surface area contributed by atoms with E-state index >= 15 is 0 Å². The van der Waals surface area contributed by atoms with Crippen molar-refractivity contribution in [3.8, 4) is 113 Å². The van der Waals surface area contributed by atoms with E-state index in [2.05, 4.69) is 101 Å². The van der Waals surface area contributed by atoms with Gasteiger partial charge in [-0.2, -0.15) is 0 Å². The molecule has 0 aliphatic rings. The summed E-state index contributed by atoms with van der Waals surface area (Å²) in [6.07, 6.45) is 7.04. The molecule has 1 aromatic carbocycles. The molecular weight excluding hydrogens is 417 g/mol. The topological polar surface area (TPSA) is 92.5 Å². The Balaban J connectivity index is 0.00000961. The number of terminal acetylenes is 1. The van der Waals surface area contributed by atoms with Crippen molar-refractivity contribution in [1.82, 2.24) is 0 Å². The monoisotopic (exact) mass is 421 g/mol. The van der Waals surface area contributed by atoms with Gasteiger partial charge in [0, 0.05) is 65.1 Å². The largest absolute Gasteiger partial charge is 1.00 e. The van der Waals surface area contributed by atoms with Gasteiger partial charge in [-0.3, -0.25) is 10.1 Å². The quantitative estimate of drug-likeness (QED) is 0.224. The van der Waals surface area contributed by atoms with E-state index in [1.54, 1.807) is 0 Å². The number of benzene rings is 1. The summed E-state index contributed by atoms with van der Waals surface area (Å²) in [5.74, 6) is 36.0. The second-order valence-corrected chi connectivity index (χ2v) is 4.45. The number of hydrogen-bond donors (Lipinski definition) is 0. The molecule has 0 aliphatic heterocycles.